The molecule has 31 heavy (non-hydrogen) atoms. The van der Waals surface area contributed by atoms with Crippen LogP contribution in [-0.2, 0) is 21.4 Å². The second-order valence-corrected chi connectivity index (χ2v) is 10.2. The van der Waals surface area contributed by atoms with Gasteiger partial charge in [-0.1, -0.05) is 12.1 Å². The lowest BCUT2D eigenvalue weighted by atomic mass is 9.98. The quantitative estimate of drug-likeness (QED) is 0.742. The summed E-state index contributed by atoms with van der Waals surface area (Å²) in [5.74, 6) is -1.02. The number of hydrogen-bond donors (Lipinski definition) is 1. The second-order valence-electron chi connectivity index (χ2n) is 8.23. The van der Waals surface area contributed by atoms with Crippen LogP contribution >= 0.6 is 0 Å². The molecular formula is C23H28FN3O3S. The zero-order chi connectivity index (χ0) is 21.8. The van der Waals surface area contributed by atoms with Crippen molar-refractivity contribution in [3.8, 4) is 0 Å². The molecular weight excluding hydrogens is 417 g/mol. The highest BCUT2D eigenvalue weighted by molar-refractivity contribution is 7.89. The van der Waals surface area contributed by atoms with Crippen molar-refractivity contribution < 1.29 is 17.6 Å². The fraction of sp³-hybridized carbons (Fsp3) is 0.435. The van der Waals surface area contributed by atoms with Crippen LogP contribution in [0.4, 0.5) is 10.1 Å². The van der Waals surface area contributed by atoms with Gasteiger partial charge in [-0.15, -0.1) is 0 Å². The number of halogens is 1. The number of hydrogen-bond acceptors (Lipinski definition) is 4. The third-order valence-electron chi connectivity index (χ3n) is 6.08. The van der Waals surface area contributed by atoms with E-state index in [4.69, 9.17) is 0 Å². The minimum absolute atomic E-state index is 0.0491. The summed E-state index contributed by atoms with van der Waals surface area (Å²) in [6.07, 6.45) is 3.72. The molecule has 8 heteroatoms. The molecule has 1 atom stereocenters. The van der Waals surface area contributed by atoms with E-state index in [9.17, 15) is 17.6 Å². The molecule has 166 valence electrons. The van der Waals surface area contributed by atoms with E-state index in [1.807, 2.05) is 12.1 Å². The fourth-order valence-corrected chi connectivity index (χ4v) is 5.79. The maximum atomic E-state index is 13.1. The summed E-state index contributed by atoms with van der Waals surface area (Å²) >= 11 is 0. The summed E-state index contributed by atoms with van der Waals surface area (Å²) in [5, 5.41) is 2.95. The highest BCUT2D eigenvalue weighted by Gasteiger charge is 2.33. The zero-order valence-corrected chi connectivity index (χ0v) is 18.3. The Balaban J connectivity index is 1.34. The van der Waals surface area contributed by atoms with E-state index >= 15 is 0 Å². The van der Waals surface area contributed by atoms with Gasteiger partial charge in [-0.3, -0.25) is 4.79 Å². The molecule has 0 spiro atoms. The number of nitrogens with zero attached hydrogens (tertiary/aromatic N) is 2. The third-order valence-corrected chi connectivity index (χ3v) is 7.96. The van der Waals surface area contributed by atoms with E-state index < -0.39 is 21.8 Å². The van der Waals surface area contributed by atoms with Gasteiger partial charge in [0.25, 0.3) is 0 Å². The summed E-state index contributed by atoms with van der Waals surface area (Å²) in [6.45, 7) is 3.10. The third kappa shape index (κ3) is 5.07. The molecule has 0 radical (unpaired) electrons. The maximum Gasteiger partial charge on any atom is 0.243 e. The van der Waals surface area contributed by atoms with E-state index in [1.165, 1.54) is 35.0 Å². The van der Waals surface area contributed by atoms with Crippen molar-refractivity contribution in [3.63, 3.8) is 0 Å². The first-order valence-electron chi connectivity index (χ1n) is 10.8. The monoisotopic (exact) mass is 445 g/mol. The van der Waals surface area contributed by atoms with Crippen molar-refractivity contribution in [2.75, 3.05) is 31.1 Å². The van der Waals surface area contributed by atoms with Gasteiger partial charge in [0.15, 0.2) is 0 Å². The SMILES string of the molecule is O=C(NCc1ccc(N2CCCC2)cc1)[C@@H]1CCCN(S(=O)(=O)c2ccc(F)cc2)C1. The van der Waals surface area contributed by atoms with Gasteiger partial charge in [-0.2, -0.15) is 4.31 Å². The van der Waals surface area contributed by atoms with Crippen LogP contribution in [0.1, 0.15) is 31.2 Å². The fourth-order valence-electron chi connectivity index (χ4n) is 4.26. The molecule has 2 saturated heterocycles. The number of anilines is 1. The highest BCUT2D eigenvalue weighted by Crippen LogP contribution is 2.24. The van der Waals surface area contributed by atoms with Gasteiger partial charge in [0.05, 0.1) is 10.8 Å². The van der Waals surface area contributed by atoms with Gasteiger partial charge >= 0.3 is 0 Å². The molecule has 2 aliphatic heterocycles. The normalized spacial score (nSPS) is 20.0. The number of carbonyl (C=O) groups is 1. The minimum Gasteiger partial charge on any atom is -0.372 e. The van der Waals surface area contributed by atoms with E-state index in [1.54, 1.807) is 0 Å². The Labute approximate surface area is 183 Å². The van der Waals surface area contributed by atoms with Crippen molar-refractivity contribution in [2.45, 2.75) is 37.1 Å². The Hall–Kier alpha value is -2.45. The van der Waals surface area contributed by atoms with Gasteiger partial charge < -0.3 is 10.2 Å². The van der Waals surface area contributed by atoms with Crippen LogP contribution in [0.15, 0.2) is 53.4 Å². The summed E-state index contributed by atoms with van der Waals surface area (Å²) < 4.78 is 40.2. The summed E-state index contributed by atoms with van der Waals surface area (Å²) in [4.78, 5) is 15.1. The number of nitrogens with one attached hydrogen (secondary N) is 1. The number of carbonyl (C=O) groups excluding carboxylic acids is 1. The average Bonchev–Trinajstić information content (AvgIpc) is 3.33. The largest absolute Gasteiger partial charge is 0.372 e. The highest BCUT2D eigenvalue weighted by atomic mass is 32.2. The zero-order valence-electron chi connectivity index (χ0n) is 17.5. The molecule has 2 heterocycles. The lowest BCUT2D eigenvalue weighted by Crippen LogP contribution is -2.45. The molecule has 6 nitrogen and oxygen atoms in total. The van der Waals surface area contributed by atoms with Crippen LogP contribution in [0.5, 0.6) is 0 Å². The van der Waals surface area contributed by atoms with Crippen LogP contribution in [0.3, 0.4) is 0 Å². The van der Waals surface area contributed by atoms with E-state index in [-0.39, 0.29) is 17.3 Å². The minimum atomic E-state index is -3.74. The van der Waals surface area contributed by atoms with Crippen molar-refractivity contribution in [1.29, 1.82) is 0 Å². The van der Waals surface area contributed by atoms with Crippen molar-refractivity contribution in [2.24, 2.45) is 5.92 Å². The molecule has 2 aromatic rings. The molecule has 1 N–H and O–H groups in total. The van der Waals surface area contributed by atoms with E-state index in [2.05, 4.69) is 22.3 Å². The number of amides is 1. The lowest BCUT2D eigenvalue weighted by Gasteiger charge is -2.31. The standard InChI is InChI=1S/C23H28FN3O3S/c24-20-7-11-22(12-8-20)31(29,30)27-15-3-4-19(17-27)23(28)25-16-18-5-9-21(10-6-18)26-13-1-2-14-26/h5-12,19H,1-4,13-17H2,(H,25,28)/t19-/m1/s1. The molecule has 0 bridgehead atoms. The number of rotatable bonds is 6. The van der Waals surface area contributed by atoms with Crippen LogP contribution in [0, 0.1) is 11.7 Å². The number of sulfonamides is 1. The Morgan fingerprint density at radius 2 is 1.65 bits per heavy atom. The van der Waals surface area contributed by atoms with Gasteiger partial charge in [-0.05, 0) is 67.6 Å². The van der Waals surface area contributed by atoms with Gasteiger partial charge in [0.2, 0.25) is 15.9 Å². The molecule has 1 amide bonds. The number of piperidine rings is 1. The van der Waals surface area contributed by atoms with Crippen molar-refractivity contribution in [3.05, 3.63) is 59.9 Å². The summed E-state index contributed by atoms with van der Waals surface area (Å²) in [5.41, 5.74) is 2.23. The smallest absolute Gasteiger partial charge is 0.243 e. The number of benzene rings is 2. The van der Waals surface area contributed by atoms with Crippen LogP contribution in [-0.4, -0.2) is 44.8 Å². The van der Waals surface area contributed by atoms with Crippen molar-refractivity contribution >= 4 is 21.6 Å². The van der Waals surface area contributed by atoms with E-state index in [0.717, 1.165) is 30.8 Å². The molecule has 4 rings (SSSR count). The second kappa shape index (κ2) is 9.36. The first-order valence-corrected chi connectivity index (χ1v) is 12.2. The summed E-state index contributed by atoms with van der Waals surface area (Å²) in [7, 11) is -3.74. The molecule has 2 aliphatic rings. The Morgan fingerprint density at radius 3 is 2.32 bits per heavy atom. The maximum absolute atomic E-state index is 13.1. The van der Waals surface area contributed by atoms with Gasteiger partial charge in [0, 0.05) is 38.4 Å². The first kappa shape index (κ1) is 21.8. The van der Waals surface area contributed by atoms with Crippen LogP contribution < -0.4 is 10.2 Å². The lowest BCUT2D eigenvalue weighted by molar-refractivity contribution is -0.126. The summed E-state index contributed by atoms with van der Waals surface area (Å²) in [6, 6.07) is 13.0. The predicted octanol–water partition coefficient (Wildman–Crippen LogP) is 3.14. The Morgan fingerprint density at radius 1 is 0.968 bits per heavy atom. The van der Waals surface area contributed by atoms with E-state index in [0.29, 0.717) is 25.9 Å². The van der Waals surface area contributed by atoms with Crippen LogP contribution in [0.25, 0.3) is 0 Å². The average molecular weight is 446 g/mol. The molecule has 0 unspecified atom stereocenters. The Bertz CT molecular complexity index is 1000. The molecule has 0 saturated carbocycles. The molecule has 0 aromatic heterocycles. The molecule has 0 aliphatic carbocycles. The van der Waals surface area contributed by atoms with Crippen molar-refractivity contribution in [1.82, 2.24) is 9.62 Å². The van der Waals surface area contributed by atoms with Gasteiger partial charge in [-0.25, -0.2) is 12.8 Å². The molecule has 2 aromatic carbocycles. The first-order chi connectivity index (χ1) is 14.9. The Kier molecular flexibility index (Phi) is 6.57. The van der Waals surface area contributed by atoms with Crippen LogP contribution in [0.2, 0.25) is 0 Å². The molecule has 2 fully saturated rings. The predicted molar refractivity (Wildman–Crippen MR) is 118 cm³/mol. The van der Waals surface area contributed by atoms with Gasteiger partial charge in [0.1, 0.15) is 5.82 Å². The topological polar surface area (TPSA) is 69.7 Å².